The lowest BCUT2D eigenvalue weighted by Gasteiger charge is -2.30. The average Bonchev–Trinajstić information content (AvgIpc) is 3.31. The first kappa shape index (κ1) is 30.8. The van der Waals surface area contributed by atoms with E-state index >= 15 is 0 Å². The van der Waals surface area contributed by atoms with Crippen LogP contribution in [0.15, 0.2) is 71.7 Å². The molecule has 1 heterocycles. The maximum atomic E-state index is 13.1. The van der Waals surface area contributed by atoms with Crippen LogP contribution >= 0.6 is 11.6 Å². The van der Waals surface area contributed by atoms with Gasteiger partial charge in [0.05, 0.1) is 25.3 Å². The lowest BCUT2D eigenvalue weighted by atomic mass is 10.0. The molecule has 42 heavy (non-hydrogen) atoms. The van der Waals surface area contributed by atoms with Gasteiger partial charge in [-0.2, -0.15) is 0 Å². The van der Waals surface area contributed by atoms with Gasteiger partial charge in [0.15, 0.2) is 5.76 Å². The summed E-state index contributed by atoms with van der Waals surface area (Å²) in [6.07, 6.45) is 0. The van der Waals surface area contributed by atoms with Crippen LogP contribution in [0.4, 0.5) is 11.4 Å². The van der Waals surface area contributed by atoms with Crippen LogP contribution in [0.1, 0.15) is 35.5 Å². The number of hydrogen-bond acceptors (Lipinski definition) is 6. The van der Waals surface area contributed by atoms with Crippen LogP contribution < -0.4 is 14.4 Å². The van der Waals surface area contributed by atoms with Gasteiger partial charge in [0, 0.05) is 21.8 Å². The van der Waals surface area contributed by atoms with Gasteiger partial charge in [-0.15, -0.1) is 0 Å². The number of carbonyl (C=O) groups excluding carboxylic acids is 2. The van der Waals surface area contributed by atoms with Gasteiger partial charge in [0.2, 0.25) is 0 Å². The zero-order valence-electron chi connectivity index (χ0n) is 23.8. The van der Waals surface area contributed by atoms with Gasteiger partial charge in [-0.1, -0.05) is 56.3 Å². The number of carbonyl (C=O) groups is 2. The molecule has 2 unspecified atom stereocenters. The number of aryl methyl sites for hydroxylation is 1. The Hall–Kier alpha value is -4.12. The average molecular weight is 611 g/mol. The molecule has 4 rings (SSSR count). The second-order valence-electron chi connectivity index (χ2n) is 9.83. The zero-order chi connectivity index (χ0) is 30.7. The number of amides is 1. The Morgan fingerprint density at radius 2 is 1.62 bits per heavy atom. The van der Waals surface area contributed by atoms with E-state index in [1.165, 1.54) is 14.2 Å². The summed E-state index contributed by atoms with van der Waals surface area (Å²) in [7, 11) is 2.77. The molecule has 0 bridgehead atoms. The molecule has 4 aromatic rings. The summed E-state index contributed by atoms with van der Waals surface area (Å²) in [5, 5.41) is 3.83. The standard InChI is InChI=1S/C31H31ClN2O7S/c1-17(2)27(31(36)40-6)34(42(37)38)23-13-9-21(10-14-23)20-7-11-22(12-8-20)33-30(35)28-18(3)26-25(41-28)16-15-24(19(4)32)29(26)39-5/h7-17,27H,4H2,1-3,5-6H3,(H,33,35)(H,37,38). The second-order valence-corrected chi connectivity index (χ2v) is 11.1. The first-order chi connectivity index (χ1) is 20.0. The largest absolute Gasteiger partial charge is 0.495 e. The van der Waals surface area contributed by atoms with Crippen LogP contribution in [-0.2, 0) is 20.8 Å². The number of anilines is 2. The number of fused-ring (bicyclic) bond motifs is 1. The van der Waals surface area contributed by atoms with Crippen LogP contribution in [-0.4, -0.2) is 40.9 Å². The molecular weight excluding hydrogens is 580 g/mol. The van der Waals surface area contributed by atoms with Crippen molar-refractivity contribution < 1.29 is 32.2 Å². The number of methoxy groups -OCH3 is 2. The van der Waals surface area contributed by atoms with E-state index in [2.05, 4.69) is 11.9 Å². The minimum atomic E-state index is -2.45. The number of ether oxygens (including phenoxy) is 2. The van der Waals surface area contributed by atoms with Gasteiger partial charge >= 0.3 is 5.97 Å². The molecule has 0 aliphatic rings. The third-order valence-corrected chi connectivity index (χ3v) is 7.82. The first-order valence-electron chi connectivity index (χ1n) is 12.9. The number of rotatable bonds is 10. The summed E-state index contributed by atoms with van der Waals surface area (Å²) in [5.41, 5.74) is 4.35. The quantitative estimate of drug-likeness (QED) is 0.146. The van der Waals surface area contributed by atoms with Crippen LogP contribution in [0.2, 0.25) is 0 Å². The molecule has 0 radical (unpaired) electrons. The fraction of sp³-hybridized carbons (Fsp3) is 0.226. The van der Waals surface area contributed by atoms with Gasteiger partial charge in [-0.3, -0.25) is 13.7 Å². The molecule has 9 nitrogen and oxygen atoms in total. The molecule has 0 aliphatic carbocycles. The minimum Gasteiger partial charge on any atom is -0.495 e. The monoisotopic (exact) mass is 610 g/mol. The van der Waals surface area contributed by atoms with Crippen molar-refractivity contribution in [2.45, 2.75) is 26.8 Å². The highest BCUT2D eigenvalue weighted by Crippen LogP contribution is 2.39. The van der Waals surface area contributed by atoms with E-state index in [-0.39, 0.29) is 11.7 Å². The van der Waals surface area contributed by atoms with E-state index in [0.717, 1.165) is 15.4 Å². The van der Waals surface area contributed by atoms with Crippen molar-refractivity contribution in [2.75, 3.05) is 23.8 Å². The highest BCUT2D eigenvalue weighted by molar-refractivity contribution is 7.80. The maximum Gasteiger partial charge on any atom is 0.329 e. The molecule has 220 valence electrons. The van der Waals surface area contributed by atoms with Crippen molar-refractivity contribution in [1.82, 2.24) is 0 Å². The minimum absolute atomic E-state index is 0.151. The summed E-state index contributed by atoms with van der Waals surface area (Å²) >= 11 is 3.67. The number of nitrogens with one attached hydrogen (secondary N) is 1. The summed E-state index contributed by atoms with van der Waals surface area (Å²) in [6, 6.07) is 16.6. The fourth-order valence-electron chi connectivity index (χ4n) is 4.79. The van der Waals surface area contributed by atoms with Crippen molar-refractivity contribution in [3.8, 4) is 16.9 Å². The normalized spacial score (nSPS) is 12.6. The van der Waals surface area contributed by atoms with Gasteiger partial charge in [-0.25, -0.2) is 9.00 Å². The van der Waals surface area contributed by atoms with Crippen molar-refractivity contribution in [1.29, 1.82) is 0 Å². The lowest BCUT2D eigenvalue weighted by Crippen LogP contribution is -2.46. The second kappa shape index (κ2) is 12.8. The van der Waals surface area contributed by atoms with Gasteiger partial charge in [0.25, 0.3) is 17.2 Å². The van der Waals surface area contributed by atoms with Crippen LogP contribution in [0, 0.1) is 12.8 Å². The Bertz CT molecular complexity index is 1660. The smallest absolute Gasteiger partial charge is 0.329 e. The van der Waals surface area contributed by atoms with E-state index in [1.54, 1.807) is 69.3 Å². The number of nitrogens with zero attached hydrogens (tertiary/aromatic N) is 1. The van der Waals surface area contributed by atoms with Crippen molar-refractivity contribution >= 4 is 62.1 Å². The molecule has 2 atom stereocenters. The van der Waals surface area contributed by atoms with Crippen LogP contribution in [0.25, 0.3) is 27.1 Å². The molecule has 2 N–H and O–H groups in total. The summed E-state index contributed by atoms with van der Waals surface area (Å²) in [4.78, 5) is 25.5. The van der Waals surface area contributed by atoms with E-state index < -0.39 is 29.2 Å². The van der Waals surface area contributed by atoms with Crippen LogP contribution in [0.5, 0.6) is 5.75 Å². The number of esters is 1. The Morgan fingerprint density at radius 1 is 1.02 bits per heavy atom. The molecule has 0 saturated carbocycles. The number of hydrogen-bond donors (Lipinski definition) is 2. The first-order valence-corrected chi connectivity index (χ1v) is 14.4. The van der Waals surface area contributed by atoms with E-state index in [1.807, 2.05) is 12.1 Å². The molecular formula is C31H31ClN2O7S. The van der Waals surface area contributed by atoms with Gasteiger partial charge in [0.1, 0.15) is 17.4 Å². The molecule has 1 aromatic heterocycles. The third-order valence-electron chi connectivity index (χ3n) is 6.84. The van der Waals surface area contributed by atoms with Gasteiger partial charge < -0.3 is 19.2 Å². The summed E-state index contributed by atoms with van der Waals surface area (Å²) in [5.74, 6) is -0.655. The highest BCUT2D eigenvalue weighted by atomic mass is 35.5. The lowest BCUT2D eigenvalue weighted by molar-refractivity contribution is -0.142. The predicted octanol–water partition coefficient (Wildman–Crippen LogP) is 7.02. The van der Waals surface area contributed by atoms with Crippen molar-refractivity contribution in [3.63, 3.8) is 0 Å². The molecule has 1 amide bonds. The summed E-state index contributed by atoms with van der Waals surface area (Å²) < 4.78 is 39.5. The molecule has 0 saturated heterocycles. The molecule has 0 spiro atoms. The SMILES string of the molecule is C=C(Cl)c1ccc2oc(C(=O)Nc3ccc(-c4ccc(N(C(C(=O)OC)C(C)C)S(=O)O)cc4)cc3)c(C)c2c1OC. The topological polar surface area (TPSA) is 118 Å². The number of furan rings is 1. The molecule has 0 aliphatic heterocycles. The van der Waals surface area contributed by atoms with Gasteiger partial charge in [-0.05, 0) is 60.4 Å². The molecule has 11 heteroatoms. The number of halogens is 1. The maximum absolute atomic E-state index is 13.1. The summed E-state index contributed by atoms with van der Waals surface area (Å²) in [6.45, 7) is 9.10. The third kappa shape index (κ3) is 6.06. The molecule has 0 fully saturated rings. The van der Waals surface area contributed by atoms with Crippen molar-refractivity contribution in [3.05, 3.63) is 84.1 Å². The van der Waals surface area contributed by atoms with Crippen molar-refractivity contribution in [2.24, 2.45) is 5.92 Å². The Balaban J connectivity index is 1.54. The van der Waals surface area contributed by atoms with E-state index in [4.69, 9.17) is 25.5 Å². The Labute approximate surface area is 251 Å². The van der Waals surface area contributed by atoms with Crippen LogP contribution in [0.3, 0.4) is 0 Å². The highest BCUT2D eigenvalue weighted by Gasteiger charge is 2.34. The molecule has 3 aromatic carbocycles. The number of benzene rings is 3. The zero-order valence-corrected chi connectivity index (χ0v) is 25.3. The van der Waals surface area contributed by atoms with E-state index in [9.17, 15) is 18.4 Å². The Kier molecular flexibility index (Phi) is 9.40. The fourth-order valence-corrected chi connectivity index (χ4v) is 5.76. The Morgan fingerprint density at radius 3 is 2.12 bits per heavy atom. The van der Waals surface area contributed by atoms with E-state index in [0.29, 0.717) is 44.3 Å². The predicted molar refractivity (Wildman–Crippen MR) is 166 cm³/mol.